The maximum absolute atomic E-state index is 12.3. The van der Waals surface area contributed by atoms with E-state index in [0.717, 1.165) is 16.8 Å². The van der Waals surface area contributed by atoms with Gasteiger partial charge in [-0.15, -0.1) is 6.58 Å². The van der Waals surface area contributed by atoms with E-state index in [4.69, 9.17) is 14.2 Å². The molecule has 0 bridgehead atoms. The lowest BCUT2D eigenvalue weighted by molar-refractivity contribution is -0.153. The van der Waals surface area contributed by atoms with Crippen LogP contribution in [0.25, 0.3) is 0 Å². The van der Waals surface area contributed by atoms with Crippen LogP contribution in [0.2, 0.25) is 0 Å². The van der Waals surface area contributed by atoms with Gasteiger partial charge in [-0.25, -0.2) is 9.80 Å². The molecule has 7 nitrogen and oxygen atoms in total. The Labute approximate surface area is 175 Å². The highest BCUT2D eigenvalue weighted by atomic mass is 16.6. The van der Waals surface area contributed by atoms with Crippen molar-refractivity contribution < 1.29 is 23.8 Å². The van der Waals surface area contributed by atoms with Crippen molar-refractivity contribution in [3.8, 4) is 11.5 Å². The van der Waals surface area contributed by atoms with Crippen LogP contribution in [0.1, 0.15) is 17.5 Å². The molecule has 0 aromatic heterocycles. The average molecular weight is 408 g/mol. The molecule has 156 valence electrons. The standard InChI is InChI=1S/C23H24N2O5/c1-3-7-17-10-11-20(21(14-17)28-2)29-16-23(27)30-15-22(26)25-13-12-19(24-25)18-8-5-4-6-9-18/h3-6,8-11,14H,1,7,12-13,15-16H2,2H3. The van der Waals surface area contributed by atoms with Gasteiger partial charge in [-0.1, -0.05) is 42.5 Å². The van der Waals surface area contributed by atoms with E-state index in [2.05, 4.69) is 11.7 Å². The summed E-state index contributed by atoms with van der Waals surface area (Å²) in [6.07, 6.45) is 3.15. The number of benzene rings is 2. The first-order valence-corrected chi connectivity index (χ1v) is 9.60. The van der Waals surface area contributed by atoms with Crippen LogP contribution in [0.4, 0.5) is 0 Å². The number of carbonyl (C=O) groups is 2. The molecular formula is C23H24N2O5. The van der Waals surface area contributed by atoms with E-state index >= 15 is 0 Å². The molecule has 30 heavy (non-hydrogen) atoms. The topological polar surface area (TPSA) is 77.4 Å². The highest BCUT2D eigenvalue weighted by molar-refractivity contribution is 6.02. The Morgan fingerprint density at radius 2 is 1.93 bits per heavy atom. The quantitative estimate of drug-likeness (QED) is 0.471. The van der Waals surface area contributed by atoms with Gasteiger partial charge in [0.15, 0.2) is 24.7 Å². The Morgan fingerprint density at radius 1 is 1.13 bits per heavy atom. The minimum absolute atomic E-state index is 0.330. The van der Waals surface area contributed by atoms with Crippen molar-refractivity contribution in [3.63, 3.8) is 0 Å². The van der Waals surface area contributed by atoms with E-state index < -0.39 is 5.97 Å². The van der Waals surface area contributed by atoms with E-state index in [1.165, 1.54) is 12.1 Å². The number of ether oxygens (including phenoxy) is 3. The Hall–Kier alpha value is -3.61. The van der Waals surface area contributed by atoms with Crippen molar-refractivity contribution in [2.24, 2.45) is 5.10 Å². The molecule has 0 aliphatic carbocycles. The van der Waals surface area contributed by atoms with Gasteiger partial charge in [0, 0.05) is 6.42 Å². The van der Waals surface area contributed by atoms with Gasteiger partial charge in [-0.05, 0) is 29.7 Å². The summed E-state index contributed by atoms with van der Waals surface area (Å²) in [5, 5.41) is 5.66. The molecule has 0 radical (unpaired) electrons. The van der Waals surface area contributed by atoms with Crippen molar-refractivity contribution in [2.75, 3.05) is 26.9 Å². The molecule has 0 unspecified atom stereocenters. The monoisotopic (exact) mass is 408 g/mol. The molecule has 1 amide bonds. The van der Waals surface area contributed by atoms with E-state index in [0.29, 0.717) is 30.9 Å². The molecule has 0 saturated carbocycles. The number of carbonyl (C=O) groups excluding carboxylic acids is 2. The van der Waals surface area contributed by atoms with Crippen molar-refractivity contribution in [1.82, 2.24) is 5.01 Å². The molecule has 1 aliphatic heterocycles. The lowest BCUT2D eigenvalue weighted by atomic mass is 10.1. The van der Waals surface area contributed by atoms with Crippen molar-refractivity contribution >= 4 is 17.6 Å². The molecule has 2 aromatic rings. The summed E-state index contributed by atoms with van der Waals surface area (Å²) in [5.41, 5.74) is 2.83. The fourth-order valence-corrected chi connectivity index (χ4v) is 2.99. The van der Waals surface area contributed by atoms with Crippen LogP contribution in [0.15, 0.2) is 66.3 Å². The number of rotatable bonds is 9. The zero-order valence-corrected chi connectivity index (χ0v) is 16.9. The number of methoxy groups -OCH3 is 1. The fraction of sp³-hybridized carbons (Fsp3) is 0.261. The SMILES string of the molecule is C=CCc1ccc(OCC(=O)OCC(=O)N2CCC(c3ccccc3)=N2)c(OC)c1. The third kappa shape index (κ3) is 5.47. The van der Waals surface area contributed by atoms with Crippen LogP contribution in [-0.2, 0) is 20.7 Å². The van der Waals surface area contributed by atoms with E-state index in [1.54, 1.807) is 12.1 Å². The predicted molar refractivity (Wildman–Crippen MR) is 113 cm³/mol. The fourth-order valence-electron chi connectivity index (χ4n) is 2.99. The average Bonchev–Trinajstić information content (AvgIpc) is 3.27. The van der Waals surface area contributed by atoms with Gasteiger partial charge >= 0.3 is 5.97 Å². The van der Waals surface area contributed by atoms with Crippen LogP contribution < -0.4 is 9.47 Å². The highest BCUT2D eigenvalue weighted by Gasteiger charge is 2.22. The Kier molecular flexibility index (Phi) is 7.21. The van der Waals surface area contributed by atoms with Gasteiger partial charge in [-0.2, -0.15) is 5.10 Å². The first-order chi connectivity index (χ1) is 14.6. The lowest BCUT2D eigenvalue weighted by Crippen LogP contribution is -2.29. The second-order valence-electron chi connectivity index (χ2n) is 6.61. The van der Waals surface area contributed by atoms with Crippen molar-refractivity contribution in [2.45, 2.75) is 12.8 Å². The van der Waals surface area contributed by atoms with Gasteiger partial charge in [0.25, 0.3) is 5.91 Å². The van der Waals surface area contributed by atoms with Crippen LogP contribution in [0.5, 0.6) is 11.5 Å². The summed E-state index contributed by atoms with van der Waals surface area (Å²) in [5.74, 6) is -0.0871. The number of esters is 1. The summed E-state index contributed by atoms with van der Waals surface area (Å²) in [4.78, 5) is 24.3. The van der Waals surface area contributed by atoms with Crippen LogP contribution >= 0.6 is 0 Å². The molecule has 7 heteroatoms. The minimum Gasteiger partial charge on any atom is -0.493 e. The van der Waals surface area contributed by atoms with Crippen molar-refractivity contribution in [3.05, 3.63) is 72.3 Å². The van der Waals surface area contributed by atoms with E-state index in [1.807, 2.05) is 42.5 Å². The highest BCUT2D eigenvalue weighted by Crippen LogP contribution is 2.28. The molecule has 0 atom stereocenters. The zero-order chi connectivity index (χ0) is 21.3. The van der Waals surface area contributed by atoms with Crippen LogP contribution in [0.3, 0.4) is 0 Å². The molecule has 0 saturated heterocycles. The Morgan fingerprint density at radius 3 is 2.67 bits per heavy atom. The molecule has 0 N–H and O–H groups in total. The van der Waals surface area contributed by atoms with Gasteiger partial charge in [-0.3, -0.25) is 4.79 Å². The predicted octanol–water partition coefficient (Wildman–Crippen LogP) is 2.98. The Bertz CT molecular complexity index is 940. The summed E-state index contributed by atoms with van der Waals surface area (Å²) in [6.45, 7) is 3.45. The first kappa shape index (κ1) is 21.1. The molecule has 1 aliphatic rings. The molecular weight excluding hydrogens is 384 g/mol. The molecule has 0 spiro atoms. The second-order valence-corrected chi connectivity index (χ2v) is 6.61. The zero-order valence-electron chi connectivity index (χ0n) is 16.9. The summed E-state index contributed by atoms with van der Waals surface area (Å²) >= 11 is 0. The summed E-state index contributed by atoms with van der Waals surface area (Å²) < 4.78 is 15.8. The number of nitrogens with zero attached hydrogens (tertiary/aromatic N) is 2. The van der Waals surface area contributed by atoms with Gasteiger partial charge < -0.3 is 14.2 Å². The number of allylic oxidation sites excluding steroid dienone is 1. The normalized spacial score (nSPS) is 12.8. The summed E-state index contributed by atoms with van der Waals surface area (Å²) in [7, 11) is 1.52. The Balaban J connectivity index is 1.47. The second kappa shape index (κ2) is 10.2. The smallest absolute Gasteiger partial charge is 0.344 e. The van der Waals surface area contributed by atoms with Crippen LogP contribution in [0, 0.1) is 0 Å². The number of hydrogen-bond donors (Lipinski definition) is 0. The third-order valence-corrected chi connectivity index (χ3v) is 4.51. The number of hydrazone groups is 1. The van der Waals surface area contributed by atoms with Crippen LogP contribution in [-0.4, -0.2) is 49.5 Å². The largest absolute Gasteiger partial charge is 0.493 e. The number of hydrogen-bond acceptors (Lipinski definition) is 6. The van der Waals surface area contributed by atoms with Gasteiger partial charge in [0.05, 0.1) is 19.4 Å². The van der Waals surface area contributed by atoms with Gasteiger partial charge in [0.2, 0.25) is 0 Å². The first-order valence-electron chi connectivity index (χ1n) is 9.60. The number of amides is 1. The molecule has 1 heterocycles. The minimum atomic E-state index is -0.646. The maximum atomic E-state index is 12.3. The lowest BCUT2D eigenvalue weighted by Gasteiger charge is -2.13. The van der Waals surface area contributed by atoms with Crippen molar-refractivity contribution in [1.29, 1.82) is 0 Å². The third-order valence-electron chi connectivity index (χ3n) is 4.51. The molecule has 3 rings (SSSR count). The molecule has 0 fully saturated rings. The van der Waals surface area contributed by atoms with E-state index in [9.17, 15) is 9.59 Å². The van der Waals surface area contributed by atoms with Gasteiger partial charge in [0.1, 0.15) is 0 Å². The molecule has 2 aromatic carbocycles. The van der Waals surface area contributed by atoms with E-state index in [-0.39, 0.29) is 19.1 Å². The maximum Gasteiger partial charge on any atom is 0.344 e. The summed E-state index contributed by atoms with van der Waals surface area (Å²) in [6, 6.07) is 15.1.